The van der Waals surface area contributed by atoms with E-state index in [9.17, 15) is 0 Å². The minimum absolute atomic E-state index is 0.146. The molecule has 94 valence electrons. The van der Waals surface area contributed by atoms with Crippen LogP contribution in [0.4, 0.5) is 0 Å². The molecule has 0 N–H and O–H groups in total. The molecule has 2 aromatic rings. The van der Waals surface area contributed by atoms with Gasteiger partial charge >= 0.3 is 0 Å². The Hall–Kier alpha value is -1.63. The second-order valence-electron chi connectivity index (χ2n) is 4.31. The van der Waals surface area contributed by atoms with Crippen LogP contribution in [0.3, 0.4) is 0 Å². The van der Waals surface area contributed by atoms with Crippen molar-refractivity contribution in [2.75, 3.05) is 0 Å². The Labute approximate surface area is 127 Å². The molecule has 0 aliphatic carbocycles. The van der Waals surface area contributed by atoms with E-state index in [1.807, 2.05) is 0 Å². The van der Waals surface area contributed by atoms with E-state index in [-0.39, 0.29) is 27.9 Å². The fourth-order valence-corrected chi connectivity index (χ4v) is 2.02. The first kappa shape index (κ1) is 4.48. The summed E-state index contributed by atoms with van der Waals surface area (Å²) >= 11 is 0. The molecule has 0 unspecified atom stereocenters. The number of hydrogen-bond acceptors (Lipinski definition) is 0. The third-order valence-electron chi connectivity index (χ3n) is 2.87. The number of aromatic nitrogens is 1. The molecule has 0 saturated heterocycles. The average molecular weight is 252 g/mol. The van der Waals surface area contributed by atoms with Crippen molar-refractivity contribution in [3.05, 3.63) is 52.2 Å². The van der Waals surface area contributed by atoms with Crippen LogP contribution in [0.5, 0.6) is 0 Å². The zero-order valence-corrected chi connectivity index (χ0v) is 10.3. The van der Waals surface area contributed by atoms with Crippen molar-refractivity contribution in [3.8, 4) is 11.3 Å². The molecule has 1 heterocycles. The van der Waals surface area contributed by atoms with Gasteiger partial charge in [-0.1, -0.05) is 17.7 Å². The SMILES string of the molecule is [2H]C([2H])([2H])c1cc(C)c(-c2cc(C([2H])([2H])[2H])c(C([2H])([2H])[2H])c[n+]2C)c(C([2H])([2H])[2H])c1. The van der Waals surface area contributed by atoms with Gasteiger partial charge in [0.2, 0.25) is 5.69 Å². The van der Waals surface area contributed by atoms with Crippen LogP contribution in [-0.2, 0) is 7.05 Å². The minimum atomic E-state index is -2.75. The Kier molecular flexibility index (Phi) is 1.14. The predicted molar refractivity (Wildman–Crippen MR) is 76.7 cm³/mol. The highest BCUT2D eigenvalue weighted by Gasteiger charge is 2.16. The summed E-state index contributed by atoms with van der Waals surface area (Å²) in [5, 5.41) is 0. The Morgan fingerprint density at radius 1 is 0.889 bits per heavy atom. The molecule has 2 rings (SSSR count). The highest BCUT2D eigenvalue weighted by atomic mass is 14.9. The molecule has 0 radical (unpaired) electrons. The summed E-state index contributed by atoms with van der Waals surface area (Å²) in [5.74, 6) is 0. The number of pyridine rings is 1. The standard InChI is InChI=1S/C17H22N/c1-11-7-13(3)17(14(4)8-11)16-9-12(2)15(5)10-18(16)6/h7-10H,1-6H3/q+1/i1D3,2D3,3D3,5D3. The Morgan fingerprint density at radius 2 is 1.61 bits per heavy atom. The summed E-state index contributed by atoms with van der Waals surface area (Å²) < 4.78 is 94.1. The van der Waals surface area contributed by atoms with E-state index < -0.39 is 33.0 Å². The van der Waals surface area contributed by atoms with Gasteiger partial charge in [-0.3, -0.25) is 0 Å². The van der Waals surface area contributed by atoms with Crippen LogP contribution in [0.1, 0.15) is 44.3 Å². The summed E-state index contributed by atoms with van der Waals surface area (Å²) in [6.07, 6.45) is 1.16. The van der Waals surface area contributed by atoms with Crippen molar-refractivity contribution < 1.29 is 21.0 Å². The van der Waals surface area contributed by atoms with Gasteiger partial charge in [-0.05, 0) is 51.0 Å². The summed E-state index contributed by atoms with van der Waals surface area (Å²) in [7, 11) is 1.48. The van der Waals surface area contributed by atoms with E-state index in [4.69, 9.17) is 16.4 Å². The average Bonchev–Trinajstić information content (AvgIpc) is 2.50. The molecular weight excluding hydrogens is 218 g/mol. The first-order valence-corrected chi connectivity index (χ1v) is 5.45. The summed E-state index contributed by atoms with van der Waals surface area (Å²) in [4.78, 5) is 0. The van der Waals surface area contributed by atoms with Gasteiger partial charge in [0.05, 0.1) is 5.56 Å². The molecule has 0 bridgehead atoms. The second kappa shape index (κ2) is 4.56. The van der Waals surface area contributed by atoms with Gasteiger partial charge in [-0.15, -0.1) is 0 Å². The van der Waals surface area contributed by atoms with Crippen LogP contribution in [-0.4, -0.2) is 0 Å². The van der Waals surface area contributed by atoms with Crippen LogP contribution in [0.2, 0.25) is 0 Å². The molecule has 18 heavy (non-hydrogen) atoms. The third kappa shape index (κ3) is 2.17. The molecule has 1 aromatic carbocycles. The molecule has 0 fully saturated rings. The van der Waals surface area contributed by atoms with Crippen molar-refractivity contribution in [3.63, 3.8) is 0 Å². The largest absolute Gasteiger partial charge is 0.213 e. The van der Waals surface area contributed by atoms with Gasteiger partial charge in [-0.25, -0.2) is 4.57 Å². The molecule has 1 aromatic heterocycles. The minimum Gasteiger partial charge on any atom is -0.201 e. The first-order valence-electron chi connectivity index (χ1n) is 11.4. The smallest absolute Gasteiger partial charge is 0.201 e. The predicted octanol–water partition coefficient (Wildman–Crippen LogP) is 3.72. The maximum absolute atomic E-state index is 7.89. The second-order valence-corrected chi connectivity index (χ2v) is 4.31. The first-order chi connectivity index (χ1) is 13.2. The van der Waals surface area contributed by atoms with Gasteiger partial charge in [-0.2, -0.15) is 0 Å². The number of nitrogens with zero attached hydrogens (tertiary/aromatic N) is 1. The quantitative estimate of drug-likeness (QED) is 0.681. The van der Waals surface area contributed by atoms with Gasteiger partial charge in [0.15, 0.2) is 6.20 Å². The maximum Gasteiger partial charge on any atom is 0.213 e. The molecule has 1 nitrogen and oxygen atoms in total. The maximum atomic E-state index is 7.89. The van der Waals surface area contributed by atoms with Crippen molar-refractivity contribution in [1.29, 1.82) is 0 Å². The Balaban J connectivity index is 2.97. The highest BCUT2D eigenvalue weighted by molar-refractivity contribution is 5.66. The summed E-state index contributed by atoms with van der Waals surface area (Å²) in [6, 6.07) is 3.57. The normalized spacial score (nSPS) is 23.4. The van der Waals surface area contributed by atoms with Crippen LogP contribution in [0.25, 0.3) is 11.3 Å². The van der Waals surface area contributed by atoms with Gasteiger partial charge in [0, 0.05) is 28.1 Å². The fraction of sp³-hybridized carbons (Fsp3) is 0.353. The van der Waals surface area contributed by atoms with Crippen molar-refractivity contribution in [2.45, 2.75) is 34.3 Å². The molecule has 0 aliphatic rings. The number of rotatable bonds is 1. The van der Waals surface area contributed by atoms with Gasteiger partial charge in [0.25, 0.3) is 0 Å². The molecule has 0 spiro atoms. The lowest BCUT2D eigenvalue weighted by molar-refractivity contribution is -0.660. The molecule has 0 atom stereocenters. The molecule has 1 heteroatoms. The Morgan fingerprint density at radius 3 is 2.28 bits per heavy atom. The van der Waals surface area contributed by atoms with Gasteiger partial charge < -0.3 is 0 Å². The van der Waals surface area contributed by atoms with Crippen molar-refractivity contribution >= 4 is 0 Å². The van der Waals surface area contributed by atoms with E-state index in [0.717, 1.165) is 18.3 Å². The molecule has 0 saturated carbocycles. The van der Waals surface area contributed by atoms with E-state index in [1.165, 1.54) is 24.6 Å². The highest BCUT2D eigenvalue weighted by Crippen LogP contribution is 2.26. The lowest BCUT2D eigenvalue weighted by Gasteiger charge is -2.11. The zero-order chi connectivity index (χ0) is 23.4. The van der Waals surface area contributed by atoms with E-state index >= 15 is 0 Å². The van der Waals surface area contributed by atoms with Crippen LogP contribution in [0, 0.1) is 34.3 Å². The number of benzene rings is 1. The van der Waals surface area contributed by atoms with Crippen LogP contribution < -0.4 is 4.57 Å². The monoisotopic (exact) mass is 252 g/mol. The lowest BCUT2D eigenvalue weighted by Crippen LogP contribution is -2.31. The van der Waals surface area contributed by atoms with Crippen molar-refractivity contribution in [2.24, 2.45) is 7.05 Å². The fourth-order valence-electron chi connectivity index (χ4n) is 2.02. The van der Waals surface area contributed by atoms with E-state index in [0.29, 0.717) is 5.56 Å². The van der Waals surface area contributed by atoms with Crippen LogP contribution >= 0.6 is 0 Å². The van der Waals surface area contributed by atoms with E-state index in [1.54, 1.807) is 0 Å². The molecule has 0 aliphatic heterocycles. The molecular formula is C17H22N+. The zero-order valence-electron chi connectivity index (χ0n) is 22.3. The summed E-state index contributed by atoms with van der Waals surface area (Å²) in [5.41, 5.74) is -0.534. The number of hydrogen-bond donors (Lipinski definition) is 0. The van der Waals surface area contributed by atoms with E-state index in [2.05, 4.69) is 0 Å². The lowest BCUT2D eigenvalue weighted by atomic mass is 9.95. The van der Waals surface area contributed by atoms with Gasteiger partial charge in [0.1, 0.15) is 7.05 Å². The molecule has 0 amide bonds. The Bertz CT molecular complexity index is 961. The third-order valence-corrected chi connectivity index (χ3v) is 2.87. The topological polar surface area (TPSA) is 3.88 Å². The number of aryl methyl sites for hydroxylation is 6. The van der Waals surface area contributed by atoms with Crippen LogP contribution in [0.15, 0.2) is 24.4 Å². The van der Waals surface area contributed by atoms with Crippen molar-refractivity contribution in [1.82, 2.24) is 0 Å². The summed E-state index contributed by atoms with van der Waals surface area (Å²) in [6.45, 7) is -9.11.